The minimum Gasteiger partial charge on any atom is -0.391 e. The Hall–Kier alpha value is -2.59. The van der Waals surface area contributed by atoms with Crippen LogP contribution in [-0.2, 0) is 4.79 Å². The molecule has 0 saturated carbocycles. The highest BCUT2D eigenvalue weighted by Gasteiger charge is 2.21. The molecule has 20 heavy (non-hydrogen) atoms. The molecule has 2 aromatic rings. The van der Waals surface area contributed by atoms with Crippen molar-refractivity contribution in [1.82, 2.24) is 25.3 Å². The first kappa shape index (κ1) is 13.8. The van der Waals surface area contributed by atoms with E-state index in [1.807, 2.05) is 5.32 Å². The molecule has 0 spiro atoms. The number of imidazole rings is 1. The van der Waals surface area contributed by atoms with Crippen molar-refractivity contribution in [3.8, 4) is 0 Å². The van der Waals surface area contributed by atoms with E-state index in [2.05, 4.69) is 31.6 Å². The van der Waals surface area contributed by atoms with Gasteiger partial charge in [0.05, 0.1) is 12.4 Å². The largest absolute Gasteiger partial charge is 0.391 e. The van der Waals surface area contributed by atoms with E-state index in [0.29, 0.717) is 11.2 Å². The number of hydrogen-bond acceptors (Lipinski definition) is 7. The van der Waals surface area contributed by atoms with E-state index in [9.17, 15) is 9.59 Å². The molecule has 10 heteroatoms. The molecule has 2 atom stereocenters. The first-order valence-electron chi connectivity index (χ1n) is 5.61. The maximum atomic E-state index is 11.6. The van der Waals surface area contributed by atoms with Crippen LogP contribution in [0.3, 0.4) is 0 Å². The van der Waals surface area contributed by atoms with Crippen LogP contribution >= 0.6 is 0 Å². The number of imide groups is 1. The fourth-order valence-corrected chi connectivity index (χ4v) is 1.36. The third-order valence-electron chi connectivity index (χ3n) is 2.46. The third-order valence-corrected chi connectivity index (χ3v) is 2.46. The number of aromatic amines is 1. The van der Waals surface area contributed by atoms with Gasteiger partial charge in [-0.15, -0.1) is 0 Å². The number of nitrogens with two attached hydrogens (primary N) is 1. The molecule has 0 aromatic carbocycles. The van der Waals surface area contributed by atoms with E-state index in [0.717, 1.165) is 0 Å². The molecule has 105 valence electrons. The third kappa shape index (κ3) is 2.87. The highest BCUT2D eigenvalue weighted by Crippen LogP contribution is 2.13. The van der Waals surface area contributed by atoms with Gasteiger partial charge in [0.25, 0.3) is 0 Å². The van der Waals surface area contributed by atoms with Crippen molar-refractivity contribution in [2.45, 2.75) is 19.1 Å². The zero-order valence-corrected chi connectivity index (χ0v) is 10.4. The molecule has 2 aromatic heterocycles. The number of carbonyl (C=O) groups excluding carboxylic acids is 2. The lowest BCUT2D eigenvalue weighted by Gasteiger charge is -2.13. The van der Waals surface area contributed by atoms with Crippen molar-refractivity contribution in [2.75, 3.05) is 5.32 Å². The fourth-order valence-electron chi connectivity index (χ4n) is 1.36. The molecule has 0 saturated heterocycles. The highest BCUT2D eigenvalue weighted by molar-refractivity contribution is 6.04. The summed E-state index contributed by atoms with van der Waals surface area (Å²) < 4.78 is 0. The van der Waals surface area contributed by atoms with Crippen molar-refractivity contribution < 1.29 is 14.7 Å². The SMILES string of the molecule is CC(O)C(N)C(=O)NC(=O)Nc1n[c]nc2[nH]cnc12. The molecule has 0 aliphatic heterocycles. The lowest BCUT2D eigenvalue weighted by Crippen LogP contribution is -2.50. The minimum absolute atomic E-state index is 0.0900. The number of anilines is 1. The van der Waals surface area contributed by atoms with Crippen molar-refractivity contribution in [3.05, 3.63) is 12.7 Å². The molecule has 0 aliphatic carbocycles. The smallest absolute Gasteiger partial charge is 0.327 e. The van der Waals surface area contributed by atoms with Gasteiger partial charge in [0.1, 0.15) is 6.04 Å². The zero-order valence-electron chi connectivity index (χ0n) is 10.4. The van der Waals surface area contributed by atoms with Crippen molar-refractivity contribution in [3.63, 3.8) is 0 Å². The average molecular weight is 278 g/mol. The van der Waals surface area contributed by atoms with Gasteiger partial charge in [-0.2, -0.15) is 0 Å². The number of aliphatic hydroxyl groups excluding tert-OH is 1. The Bertz CT molecular complexity index is 639. The predicted molar refractivity (Wildman–Crippen MR) is 67.3 cm³/mol. The van der Waals surface area contributed by atoms with Crippen LogP contribution in [0.15, 0.2) is 6.33 Å². The molecule has 2 heterocycles. The summed E-state index contributed by atoms with van der Waals surface area (Å²) in [5.74, 6) is -0.721. The molecule has 0 bridgehead atoms. The van der Waals surface area contributed by atoms with E-state index in [4.69, 9.17) is 10.8 Å². The monoisotopic (exact) mass is 278 g/mol. The van der Waals surface area contributed by atoms with E-state index >= 15 is 0 Å². The number of nitrogens with one attached hydrogen (secondary N) is 3. The Morgan fingerprint density at radius 3 is 2.95 bits per heavy atom. The van der Waals surface area contributed by atoms with Gasteiger partial charge in [0.15, 0.2) is 17.0 Å². The average Bonchev–Trinajstić information content (AvgIpc) is 2.86. The summed E-state index contributed by atoms with van der Waals surface area (Å²) in [5, 5.41) is 13.5. The number of aliphatic hydroxyl groups is 1. The second-order valence-corrected chi connectivity index (χ2v) is 3.98. The highest BCUT2D eigenvalue weighted by atomic mass is 16.3. The van der Waals surface area contributed by atoms with Gasteiger partial charge in [-0.05, 0) is 6.92 Å². The predicted octanol–water partition coefficient (Wildman–Crippen LogP) is -1.49. The Kier molecular flexibility index (Phi) is 3.86. The number of fused-ring (bicyclic) bond motifs is 1. The van der Waals surface area contributed by atoms with E-state index in [-0.39, 0.29) is 5.82 Å². The van der Waals surface area contributed by atoms with Gasteiger partial charge < -0.3 is 15.8 Å². The van der Waals surface area contributed by atoms with Crippen LogP contribution < -0.4 is 16.4 Å². The Morgan fingerprint density at radius 1 is 1.50 bits per heavy atom. The fraction of sp³-hybridized carbons (Fsp3) is 0.300. The molecule has 6 N–H and O–H groups in total. The summed E-state index contributed by atoms with van der Waals surface area (Å²) in [4.78, 5) is 37.2. The molecule has 0 aliphatic rings. The summed E-state index contributed by atoms with van der Waals surface area (Å²) in [6.07, 6.45) is 2.63. The number of nitrogens with zero attached hydrogens (tertiary/aromatic N) is 3. The molecule has 10 nitrogen and oxygen atoms in total. The number of rotatable bonds is 3. The first-order valence-corrected chi connectivity index (χ1v) is 5.61. The minimum atomic E-state index is -1.21. The van der Waals surface area contributed by atoms with Gasteiger partial charge in [0.2, 0.25) is 12.2 Å². The maximum absolute atomic E-state index is 11.6. The van der Waals surface area contributed by atoms with Crippen LogP contribution in [0.1, 0.15) is 6.92 Å². The Morgan fingerprint density at radius 2 is 2.25 bits per heavy atom. The molecule has 3 amide bonds. The van der Waals surface area contributed by atoms with Crippen LogP contribution in [0.25, 0.3) is 11.2 Å². The zero-order chi connectivity index (χ0) is 14.7. The number of hydrogen-bond donors (Lipinski definition) is 5. The summed E-state index contributed by atoms with van der Waals surface area (Å²) in [5.41, 5.74) is 6.10. The van der Waals surface area contributed by atoms with Crippen LogP contribution in [0.5, 0.6) is 0 Å². The van der Waals surface area contributed by atoms with Gasteiger partial charge >= 0.3 is 6.03 Å². The quantitative estimate of drug-likeness (QED) is 0.457. The standard InChI is InChI=1S/C10H12N7O3/c1-4(18)5(11)9(19)17-10(20)16-8-6-7(13-2-12-6)14-3-15-8/h2,4-5,18H,11H2,1H3,(H3,12,13,14,15,16,17,19,20). The Labute approximate surface area is 112 Å². The Balaban J connectivity index is 2.05. The second kappa shape index (κ2) is 5.59. The number of aromatic nitrogens is 4. The van der Waals surface area contributed by atoms with Gasteiger partial charge in [-0.3, -0.25) is 15.4 Å². The summed E-state index contributed by atoms with van der Waals surface area (Å²) in [6.45, 7) is 1.34. The van der Waals surface area contributed by atoms with E-state index in [1.54, 1.807) is 0 Å². The second-order valence-electron chi connectivity index (χ2n) is 3.98. The molecule has 0 fully saturated rings. The topological polar surface area (TPSA) is 159 Å². The summed E-state index contributed by atoms with van der Waals surface area (Å²) in [6, 6.07) is -2.05. The van der Waals surface area contributed by atoms with Gasteiger partial charge in [-0.25, -0.2) is 19.7 Å². The molecular weight excluding hydrogens is 266 g/mol. The lowest BCUT2D eigenvalue weighted by atomic mass is 10.2. The van der Waals surface area contributed by atoms with Crippen molar-refractivity contribution in [1.29, 1.82) is 0 Å². The number of H-pyrrole nitrogens is 1. The van der Waals surface area contributed by atoms with E-state index < -0.39 is 24.1 Å². The number of amides is 3. The normalized spacial score (nSPS) is 13.8. The van der Waals surface area contributed by atoms with Gasteiger partial charge in [-0.1, -0.05) is 0 Å². The lowest BCUT2D eigenvalue weighted by molar-refractivity contribution is -0.123. The number of urea groups is 1. The molecule has 2 unspecified atom stereocenters. The summed E-state index contributed by atoms with van der Waals surface area (Å²) >= 11 is 0. The number of carbonyl (C=O) groups is 2. The van der Waals surface area contributed by atoms with Crippen molar-refractivity contribution >= 4 is 28.9 Å². The van der Waals surface area contributed by atoms with Crippen LogP contribution in [-0.4, -0.2) is 49.1 Å². The molecular formula is C10H12N7O3. The van der Waals surface area contributed by atoms with Crippen LogP contribution in [0, 0.1) is 6.33 Å². The maximum Gasteiger partial charge on any atom is 0.327 e. The molecule has 1 radical (unpaired) electrons. The van der Waals surface area contributed by atoms with Crippen molar-refractivity contribution in [2.24, 2.45) is 5.73 Å². The van der Waals surface area contributed by atoms with E-state index in [1.165, 1.54) is 13.3 Å². The van der Waals surface area contributed by atoms with Gasteiger partial charge in [0, 0.05) is 0 Å². The summed E-state index contributed by atoms with van der Waals surface area (Å²) in [7, 11) is 0. The first-order chi connectivity index (χ1) is 9.49. The van der Waals surface area contributed by atoms with Crippen LogP contribution in [0.2, 0.25) is 0 Å². The molecule has 2 rings (SSSR count). The van der Waals surface area contributed by atoms with Crippen LogP contribution in [0.4, 0.5) is 10.6 Å².